The third-order valence-electron chi connectivity index (χ3n) is 1.32. The summed E-state index contributed by atoms with van der Waals surface area (Å²) in [4.78, 5) is 10.9. The van der Waals surface area contributed by atoms with Gasteiger partial charge in [0.25, 0.3) is 0 Å². The molecule has 4 nitrogen and oxygen atoms in total. The number of ether oxygens (including phenoxy) is 1. The molecule has 11 heavy (non-hydrogen) atoms. The Kier molecular flexibility index (Phi) is 2.28. The van der Waals surface area contributed by atoms with E-state index in [1.54, 1.807) is 0 Å². The lowest BCUT2D eigenvalue weighted by Crippen LogP contribution is -2.02. The molecule has 0 aliphatic rings. The van der Waals surface area contributed by atoms with E-state index in [4.69, 9.17) is 9.52 Å². The summed E-state index contributed by atoms with van der Waals surface area (Å²) in [5.41, 5.74) is 0.715. The molecule has 0 spiro atoms. The van der Waals surface area contributed by atoms with E-state index in [9.17, 15) is 4.79 Å². The second-order valence-electron chi connectivity index (χ2n) is 1.96. The van der Waals surface area contributed by atoms with E-state index in [0.717, 1.165) is 0 Å². The van der Waals surface area contributed by atoms with Crippen molar-refractivity contribution in [3.8, 4) is 0 Å². The van der Waals surface area contributed by atoms with Crippen molar-refractivity contribution >= 4 is 5.97 Å². The summed E-state index contributed by atoms with van der Waals surface area (Å²) in [5, 5.41) is 8.68. The van der Waals surface area contributed by atoms with E-state index in [1.165, 1.54) is 19.6 Å². The lowest BCUT2D eigenvalue weighted by Gasteiger charge is -1.95. The highest BCUT2D eigenvalue weighted by Crippen LogP contribution is 2.10. The molecule has 0 bridgehead atoms. The number of aliphatic hydroxyl groups is 1. The Hall–Kier alpha value is -1.29. The molecule has 0 saturated heterocycles. The molecule has 4 heteroatoms. The Bertz CT molecular complexity index is 251. The van der Waals surface area contributed by atoms with Gasteiger partial charge in [0.2, 0.25) is 0 Å². The number of aliphatic hydroxyl groups excluding tert-OH is 1. The van der Waals surface area contributed by atoms with Crippen LogP contribution in [-0.4, -0.2) is 18.2 Å². The molecule has 0 aliphatic carbocycles. The van der Waals surface area contributed by atoms with Crippen molar-refractivity contribution in [1.29, 1.82) is 0 Å². The SMILES string of the molecule is COC(=O)c1cocc1CO. The predicted molar refractivity (Wildman–Crippen MR) is 36.0 cm³/mol. The molecule has 0 radical (unpaired) electrons. The Balaban J connectivity index is 2.92. The number of methoxy groups -OCH3 is 1. The van der Waals surface area contributed by atoms with Crippen LogP contribution in [0, 0.1) is 0 Å². The lowest BCUT2D eigenvalue weighted by molar-refractivity contribution is 0.0597. The predicted octanol–water partition coefficient (Wildman–Crippen LogP) is 0.558. The standard InChI is InChI=1S/C7H8O4/c1-10-7(9)6-4-11-3-5(6)2-8/h3-4,8H,2H2,1H3. The van der Waals surface area contributed by atoms with E-state index in [0.29, 0.717) is 5.56 Å². The molecule has 0 aromatic carbocycles. The van der Waals surface area contributed by atoms with Crippen molar-refractivity contribution in [3.63, 3.8) is 0 Å². The minimum absolute atomic E-state index is 0.221. The summed E-state index contributed by atoms with van der Waals surface area (Å²) in [6, 6.07) is 0. The van der Waals surface area contributed by atoms with Crippen LogP contribution in [0.15, 0.2) is 16.9 Å². The van der Waals surface area contributed by atoms with Crippen molar-refractivity contribution in [2.45, 2.75) is 6.61 Å². The van der Waals surface area contributed by atoms with Crippen molar-refractivity contribution in [2.75, 3.05) is 7.11 Å². The van der Waals surface area contributed by atoms with Gasteiger partial charge < -0.3 is 14.3 Å². The normalized spacial score (nSPS) is 9.64. The van der Waals surface area contributed by atoms with Crippen LogP contribution >= 0.6 is 0 Å². The Labute approximate surface area is 63.4 Å². The van der Waals surface area contributed by atoms with Crippen LogP contribution in [-0.2, 0) is 11.3 Å². The first-order valence-electron chi connectivity index (χ1n) is 3.04. The zero-order chi connectivity index (χ0) is 8.27. The minimum atomic E-state index is -0.497. The first kappa shape index (κ1) is 7.81. The molecule has 1 rings (SSSR count). The Morgan fingerprint density at radius 2 is 2.45 bits per heavy atom. The molecule has 1 N–H and O–H groups in total. The van der Waals surface area contributed by atoms with Gasteiger partial charge in [-0.05, 0) is 0 Å². The van der Waals surface area contributed by atoms with Gasteiger partial charge in [0.15, 0.2) is 0 Å². The van der Waals surface area contributed by atoms with E-state index in [-0.39, 0.29) is 12.2 Å². The second-order valence-corrected chi connectivity index (χ2v) is 1.96. The average Bonchev–Trinajstić information content (AvgIpc) is 2.50. The van der Waals surface area contributed by atoms with Crippen molar-refractivity contribution in [1.82, 2.24) is 0 Å². The van der Waals surface area contributed by atoms with E-state index >= 15 is 0 Å². The maximum absolute atomic E-state index is 10.9. The van der Waals surface area contributed by atoms with Gasteiger partial charge in [-0.15, -0.1) is 0 Å². The number of furan rings is 1. The molecule has 1 heterocycles. The quantitative estimate of drug-likeness (QED) is 0.635. The summed E-state index contributed by atoms with van der Waals surface area (Å²) < 4.78 is 9.13. The zero-order valence-corrected chi connectivity index (χ0v) is 6.03. The van der Waals surface area contributed by atoms with Crippen LogP contribution in [0.1, 0.15) is 15.9 Å². The molecule has 60 valence electrons. The summed E-state index contributed by atoms with van der Waals surface area (Å²) in [5.74, 6) is -0.497. The van der Waals surface area contributed by atoms with E-state index < -0.39 is 5.97 Å². The van der Waals surface area contributed by atoms with Crippen LogP contribution in [0.2, 0.25) is 0 Å². The highest BCUT2D eigenvalue weighted by atomic mass is 16.5. The van der Waals surface area contributed by atoms with Crippen LogP contribution in [0.25, 0.3) is 0 Å². The van der Waals surface area contributed by atoms with Crippen LogP contribution in [0.5, 0.6) is 0 Å². The maximum atomic E-state index is 10.9. The van der Waals surface area contributed by atoms with Crippen LogP contribution < -0.4 is 0 Å². The highest BCUT2D eigenvalue weighted by molar-refractivity contribution is 5.90. The van der Waals surface area contributed by atoms with Crippen molar-refractivity contribution < 1.29 is 19.1 Å². The Morgan fingerprint density at radius 3 is 3.00 bits per heavy atom. The number of carbonyl (C=O) groups excluding carboxylic acids is 1. The fourth-order valence-electron chi connectivity index (χ4n) is 0.735. The van der Waals surface area contributed by atoms with Gasteiger partial charge in [0.1, 0.15) is 11.8 Å². The fraction of sp³-hybridized carbons (Fsp3) is 0.286. The third-order valence-corrected chi connectivity index (χ3v) is 1.32. The van der Waals surface area contributed by atoms with Gasteiger partial charge >= 0.3 is 5.97 Å². The molecule has 0 atom stereocenters. The van der Waals surface area contributed by atoms with Gasteiger partial charge in [-0.2, -0.15) is 0 Å². The molecule has 1 aromatic rings. The topological polar surface area (TPSA) is 59.7 Å². The Morgan fingerprint density at radius 1 is 1.73 bits per heavy atom. The van der Waals surface area contributed by atoms with Gasteiger partial charge in [-0.25, -0.2) is 4.79 Å². The minimum Gasteiger partial charge on any atom is -0.471 e. The molecular weight excluding hydrogens is 148 g/mol. The average molecular weight is 156 g/mol. The number of hydrogen-bond acceptors (Lipinski definition) is 4. The number of hydrogen-bond donors (Lipinski definition) is 1. The fourth-order valence-corrected chi connectivity index (χ4v) is 0.735. The number of rotatable bonds is 2. The van der Waals surface area contributed by atoms with Crippen LogP contribution in [0.3, 0.4) is 0 Å². The van der Waals surface area contributed by atoms with Gasteiger partial charge in [-0.3, -0.25) is 0 Å². The van der Waals surface area contributed by atoms with Crippen LogP contribution in [0.4, 0.5) is 0 Å². The first-order chi connectivity index (χ1) is 5.29. The monoisotopic (exact) mass is 156 g/mol. The largest absolute Gasteiger partial charge is 0.471 e. The number of carbonyl (C=O) groups is 1. The smallest absolute Gasteiger partial charge is 0.341 e. The van der Waals surface area contributed by atoms with Gasteiger partial charge in [-0.1, -0.05) is 0 Å². The molecule has 1 aromatic heterocycles. The van der Waals surface area contributed by atoms with Crippen molar-refractivity contribution in [3.05, 3.63) is 23.7 Å². The first-order valence-corrected chi connectivity index (χ1v) is 3.04. The molecule has 0 fully saturated rings. The lowest BCUT2D eigenvalue weighted by atomic mass is 10.2. The summed E-state index contributed by atoms with van der Waals surface area (Å²) in [7, 11) is 1.27. The van der Waals surface area contributed by atoms with Gasteiger partial charge in [0, 0.05) is 5.56 Å². The summed E-state index contributed by atoms with van der Waals surface area (Å²) in [6.07, 6.45) is 2.56. The third kappa shape index (κ3) is 1.40. The van der Waals surface area contributed by atoms with Crippen molar-refractivity contribution in [2.24, 2.45) is 0 Å². The van der Waals surface area contributed by atoms with E-state index in [1.807, 2.05) is 0 Å². The summed E-state index contributed by atoms with van der Waals surface area (Å²) in [6.45, 7) is -0.221. The maximum Gasteiger partial charge on any atom is 0.341 e. The molecular formula is C7H8O4. The molecule has 0 unspecified atom stereocenters. The van der Waals surface area contributed by atoms with Gasteiger partial charge in [0.05, 0.1) is 20.0 Å². The highest BCUT2D eigenvalue weighted by Gasteiger charge is 2.12. The molecule has 0 amide bonds. The van der Waals surface area contributed by atoms with E-state index in [2.05, 4.69) is 4.74 Å². The number of esters is 1. The molecule has 0 saturated carbocycles. The zero-order valence-electron chi connectivity index (χ0n) is 6.03. The molecule has 0 aliphatic heterocycles. The summed E-state index contributed by atoms with van der Waals surface area (Å²) >= 11 is 0. The second kappa shape index (κ2) is 3.21.